The van der Waals surface area contributed by atoms with Crippen LogP contribution in [-0.4, -0.2) is 26.2 Å². The van der Waals surface area contributed by atoms with E-state index >= 15 is 0 Å². The van der Waals surface area contributed by atoms with Crippen LogP contribution < -0.4 is 15.4 Å². The summed E-state index contributed by atoms with van der Waals surface area (Å²) in [6, 6.07) is 13.3. The first kappa shape index (κ1) is 18.9. The molecule has 0 spiro atoms. The van der Waals surface area contributed by atoms with Crippen molar-refractivity contribution in [2.24, 2.45) is 0 Å². The van der Waals surface area contributed by atoms with Crippen molar-refractivity contribution in [3.05, 3.63) is 63.6 Å². The molecule has 26 heavy (non-hydrogen) atoms. The van der Waals surface area contributed by atoms with Gasteiger partial charge in [0.25, 0.3) is 0 Å². The Kier molecular flexibility index (Phi) is 5.94. The number of carbonyl (C=O) groups excluding carboxylic acids is 1. The average Bonchev–Trinajstić information content (AvgIpc) is 3.43. The molecule has 138 valence electrons. The van der Waals surface area contributed by atoms with Gasteiger partial charge in [-0.3, -0.25) is 0 Å². The van der Waals surface area contributed by atoms with E-state index in [4.69, 9.17) is 27.9 Å². The van der Waals surface area contributed by atoms with Gasteiger partial charge in [0.2, 0.25) is 0 Å². The fraction of sp³-hybridized carbons (Fsp3) is 0.350. The predicted molar refractivity (Wildman–Crippen MR) is 105 cm³/mol. The van der Waals surface area contributed by atoms with E-state index in [9.17, 15) is 4.79 Å². The Balaban J connectivity index is 1.45. The van der Waals surface area contributed by atoms with Crippen LogP contribution >= 0.6 is 23.2 Å². The number of ether oxygens (including phenoxy) is 1. The largest absolute Gasteiger partial charge is 0.497 e. The zero-order valence-electron chi connectivity index (χ0n) is 14.6. The van der Waals surface area contributed by atoms with Crippen molar-refractivity contribution in [3.63, 3.8) is 0 Å². The Morgan fingerprint density at radius 1 is 1.12 bits per heavy atom. The predicted octanol–water partition coefficient (Wildman–Crippen LogP) is 4.58. The fourth-order valence-corrected chi connectivity index (χ4v) is 3.51. The van der Waals surface area contributed by atoms with E-state index in [-0.39, 0.29) is 11.4 Å². The van der Waals surface area contributed by atoms with Gasteiger partial charge in [-0.1, -0.05) is 41.4 Å². The third kappa shape index (κ3) is 4.63. The highest BCUT2D eigenvalue weighted by Gasteiger charge is 2.44. The molecule has 0 saturated heterocycles. The van der Waals surface area contributed by atoms with E-state index in [2.05, 4.69) is 22.8 Å². The molecule has 4 nitrogen and oxygen atoms in total. The number of amides is 2. The van der Waals surface area contributed by atoms with Crippen molar-refractivity contribution in [1.82, 2.24) is 10.6 Å². The molecule has 3 rings (SSSR count). The zero-order chi connectivity index (χ0) is 18.6. The molecule has 2 aromatic rings. The van der Waals surface area contributed by atoms with Crippen LogP contribution in [0.4, 0.5) is 4.79 Å². The Hall–Kier alpha value is -1.91. The first-order valence-corrected chi connectivity index (χ1v) is 9.38. The van der Waals surface area contributed by atoms with Crippen molar-refractivity contribution in [1.29, 1.82) is 0 Å². The number of urea groups is 1. The zero-order valence-corrected chi connectivity index (χ0v) is 16.2. The van der Waals surface area contributed by atoms with Gasteiger partial charge in [0, 0.05) is 28.5 Å². The number of hydrogen-bond donors (Lipinski definition) is 2. The van der Waals surface area contributed by atoms with Gasteiger partial charge in [-0.25, -0.2) is 4.79 Å². The van der Waals surface area contributed by atoms with Crippen molar-refractivity contribution >= 4 is 29.2 Å². The molecule has 2 N–H and O–H groups in total. The van der Waals surface area contributed by atoms with Gasteiger partial charge in [-0.15, -0.1) is 0 Å². The number of hydrogen-bond acceptors (Lipinski definition) is 2. The molecule has 0 aromatic heterocycles. The van der Waals surface area contributed by atoms with Gasteiger partial charge in [-0.05, 0) is 54.7 Å². The molecule has 0 unspecified atom stereocenters. The lowest BCUT2D eigenvalue weighted by atomic mass is 9.96. The minimum Gasteiger partial charge on any atom is -0.497 e. The maximum absolute atomic E-state index is 12.1. The van der Waals surface area contributed by atoms with Crippen molar-refractivity contribution < 1.29 is 9.53 Å². The lowest BCUT2D eigenvalue weighted by molar-refractivity contribution is 0.240. The number of methoxy groups -OCH3 is 1. The quantitative estimate of drug-likeness (QED) is 0.724. The second-order valence-corrected chi connectivity index (χ2v) is 7.45. The normalized spacial score (nSPS) is 14.6. The minimum absolute atomic E-state index is 0.0586. The molecule has 0 radical (unpaired) electrons. The second-order valence-electron chi connectivity index (χ2n) is 6.60. The lowest BCUT2D eigenvalue weighted by Crippen LogP contribution is -2.40. The highest BCUT2D eigenvalue weighted by molar-refractivity contribution is 6.35. The second kappa shape index (κ2) is 8.19. The monoisotopic (exact) mass is 392 g/mol. The summed E-state index contributed by atoms with van der Waals surface area (Å²) in [5, 5.41) is 7.10. The number of benzene rings is 2. The average molecular weight is 393 g/mol. The number of rotatable bonds is 7. The Morgan fingerprint density at radius 3 is 2.46 bits per heavy atom. The standard InChI is InChI=1S/C20H22Cl2N2O2/c1-26-17-6-3-15(4-7-17)20(9-10-20)13-24-19(25)23-11-8-14-2-5-16(21)12-18(14)22/h2-7,12H,8-11,13H2,1H3,(H2,23,24,25). The maximum atomic E-state index is 12.1. The van der Waals surface area contributed by atoms with Crippen molar-refractivity contribution in [3.8, 4) is 5.75 Å². The number of halogens is 2. The third-order valence-electron chi connectivity index (χ3n) is 4.84. The summed E-state index contributed by atoms with van der Waals surface area (Å²) in [5.74, 6) is 0.844. The molecule has 1 aliphatic rings. The molecule has 6 heteroatoms. The minimum atomic E-state index is -0.158. The van der Waals surface area contributed by atoms with Crippen LogP contribution in [0, 0.1) is 0 Å². The summed E-state index contributed by atoms with van der Waals surface area (Å²) < 4.78 is 5.20. The van der Waals surface area contributed by atoms with Crippen LogP contribution in [0.25, 0.3) is 0 Å². The van der Waals surface area contributed by atoms with Crippen LogP contribution in [0.5, 0.6) is 5.75 Å². The molecule has 2 amide bonds. The third-order valence-corrected chi connectivity index (χ3v) is 5.43. The summed E-state index contributed by atoms with van der Waals surface area (Å²) in [5.41, 5.74) is 2.27. The van der Waals surface area contributed by atoms with Crippen molar-refractivity contribution in [2.75, 3.05) is 20.2 Å². The van der Waals surface area contributed by atoms with Crippen LogP contribution in [0.2, 0.25) is 10.0 Å². The SMILES string of the molecule is COc1ccc(C2(CNC(=O)NCCc3ccc(Cl)cc3Cl)CC2)cc1. The summed E-state index contributed by atoms with van der Waals surface area (Å²) in [6.45, 7) is 1.15. The molecule has 0 bridgehead atoms. The molecule has 0 atom stereocenters. The first-order valence-electron chi connectivity index (χ1n) is 8.63. The van der Waals surface area contributed by atoms with Gasteiger partial charge < -0.3 is 15.4 Å². The molecule has 1 aliphatic carbocycles. The van der Waals surface area contributed by atoms with Crippen LogP contribution in [0.3, 0.4) is 0 Å². The van der Waals surface area contributed by atoms with E-state index in [0.29, 0.717) is 29.6 Å². The molecule has 2 aromatic carbocycles. The number of nitrogens with one attached hydrogen (secondary N) is 2. The molecule has 0 heterocycles. The van der Waals surface area contributed by atoms with Gasteiger partial charge in [0.1, 0.15) is 5.75 Å². The fourth-order valence-electron chi connectivity index (χ4n) is 3.01. The lowest BCUT2D eigenvalue weighted by Gasteiger charge is -2.17. The van der Waals surface area contributed by atoms with Crippen molar-refractivity contribution in [2.45, 2.75) is 24.7 Å². The summed E-state index contributed by atoms with van der Waals surface area (Å²) in [7, 11) is 1.66. The molecule has 0 aliphatic heterocycles. The van der Waals surface area contributed by atoms with E-state index in [1.807, 2.05) is 18.2 Å². The van der Waals surface area contributed by atoms with E-state index < -0.39 is 0 Å². The van der Waals surface area contributed by atoms with E-state index in [0.717, 1.165) is 24.2 Å². The molecule has 1 fully saturated rings. The van der Waals surface area contributed by atoms with Crippen LogP contribution in [0.1, 0.15) is 24.0 Å². The highest BCUT2D eigenvalue weighted by Crippen LogP contribution is 2.47. The Labute approximate surface area is 163 Å². The van der Waals surface area contributed by atoms with Gasteiger partial charge >= 0.3 is 6.03 Å². The highest BCUT2D eigenvalue weighted by atomic mass is 35.5. The maximum Gasteiger partial charge on any atom is 0.314 e. The first-order chi connectivity index (χ1) is 12.5. The van der Waals surface area contributed by atoms with E-state index in [1.165, 1.54) is 5.56 Å². The van der Waals surface area contributed by atoms with E-state index in [1.54, 1.807) is 19.2 Å². The molecule has 1 saturated carbocycles. The number of carbonyl (C=O) groups is 1. The molecular weight excluding hydrogens is 371 g/mol. The smallest absolute Gasteiger partial charge is 0.314 e. The summed E-state index contributed by atoms with van der Waals surface area (Å²) >= 11 is 12.0. The Morgan fingerprint density at radius 2 is 1.85 bits per heavy atom. The topological polar surface area (TPSA) is 50.4 Å². The molecular formula is C20H22Cl2N2O2. The van der Waals surface area contributed by atoms with Gasteiger partial charge in [0.15, 0.2) is 0 Å². The van der Waals surface area contributed by atoms with Crippen LogP contribution in [0.15, 0.2) is 42.5 Å². The van der Waals surface area contributed by atoms with Gasteiger partial charge in [-0.2, -0.15) is 0 Å². The van der Waals surface area contributed by atoms with Crippen LogP contribution in [-0.2, 0) is 11.8 Å². The van der Waals surface area contributed by atoms with Gasteiger partial charge in [0.05, 0.1) is 7.11 Å². The summed E-state index contributed by atoms with van der Waals surface area (Å²) in [6.07, 6.45) is 2.83. The summed E-state index contributed by atoms with van der Waals surface area (Å²) in [4.78, 5) is 12.1. The Bertz CT molecular complexity index is 774.